The van der Waals surface area contributed by atoms with E-state index in [4.69, 9.17) is 9.47 Å². The van der Waals surface area contributed by atoms with Crippen molar-refractivity contribution in [3.05, 3.63) is 24.3 Å². The van der Waals surface area contributed by atoms with Crippen LogP contribution in [-0.2, 0) is 9.59 Å². The number of nitrogens with zero attached hydrogens (tertiary/aromatic N) is 1. The number of amides is 1. The van der Waals surface area contributed by atoms with Gasteiger partial charge in [-0.05, 0) is 44.0 Å². The average molecular weight is 307 g/mol. The van der Waals surface area contributed by atoms with Crippen LogP contribution in [0.15, 0.2) is 24.3 Å². The monoisotopic (exact) mass is 307 g/mol. The molecule has 0 aliphatic carbocycles. The fourth-order valence-corrected chi connectivity index (χ4v) is 2.73. The minimum absolute atomic E-state index is 0.0942. The molecule has 6 nitrogen and oxygen atoms in total. The van der Waals surface area contributed by atoms with E-state index < -0.39 is 11.9 Å². The summed E-state index contributed by atoms with van der Waals surface area (Å²) in [5, 5.41) is 9.18. The number of rotatable bonds is 5. The summed E-state index contributed by atoms with van der Waals surface area (Å²) in [6.07, 6.45) is 1.31. The Morgan fingerprint density at radius 2 is 1.91 bits per heavy atom. The van der Waals surface area contributed by atoms with Crippen molar-refractivity contribution in [3.63, 3.8) is 0 Å². The van der Waals surface area contributed by atoms with E-state index in [1.807, 2.05) is 0 Å². The second-order valence-electron chi connectivity index (χ2n) is 5.38. The molecule has 2 rings (SSSR count). The number of ether oxygens (including phenoxy) is 2. The zero-order valence-electron chi connectivity index (χ0n) is 12.8. The maximum atomic E-state index is 12.3. The maximum Gasteiger partial charge on any atom is 0.308 e. The van der Waals surface area contributed by atoms with Crippen LogP contribution in [0.4, 0.5) is 0 Å². The molecule has 0 radical (unpaired) electrons. The Labute approximate surface area is 129 Å². The Morgan fingerprint density at radius 3 is 2.50 bits per heavy atom. The largest absolute Gasteiger partial charge is 0.497 e. The molecule has 6 heteroatoms. The summed E-state index contributed by atoms with van der Waals surface area (Å²) in [6.45, 7) is 2.27. The Hall–Kier alpha value is -2.24. The number of hydrogen-bond acceptors (Lipinski definition) is 4. The van der Waals surface area contributed by atoms with Crippen LogP contribution in [0.2, 0.25) is 0 Å². The van der Waals surface area contributed by atoms with Gasteiger partial charge in [0.1, 0.15) is 11.5 Å². The Balaban J connectivity index is 1.92. The van der Waals surface area contributed by atoms with Gasteiger partial charge in [0.2, 0.25) is 0 Å². The van der Waals surface area contributed by atoms with Gasteiger partial charge in [-0.25, -0.2) is 0 Å². The van der Waals surface area contributed by atoms with Gasteiger partial charge in [0, 0.05) is 12.6 Å². The van der Waals surface area contributed by atoms with Crippen LogP contribution >= 0.6 is 0 Å². The summed E-state index contributed by atoms with van der Waals surface area (Å²) in [4.78, 5) is 25.1. The summed E-state index contributed by atoms with van der Waals surface area (Å²) in [7, 11) is 1.58. The van der Waals surface area contributed by atoms with Gasteiger partial charge < -0.3 is 19.5 Å². The summed E-state index contributed by atoms with van der Waals surface area (Å²) in [6, 6.07) is 6.66. The zero-order chi connectivity index (χ0) is 16.1. The highest BCUT2D eigenvalue weighted by atomic mass is 16.5. The van der Waals surface area contributed by atoms with Gasteiger partial charge >= 0.3 is 5.97 Å². The van der Waals surface area contributed by atoms with Crippen molar-refractivity contribution in [1.82, 2.24) is 4.90 Å². The summed E-state index contributed by atoms with van der Waals surface area (Å²) < 4.78 is 10.5. The summed E-state index contributed by atoms with van der Waals surface area (Å²) >= 11 is 0. The summed E-state index contributed by atoms with van der Waals surface area (Å²) in [5.74, 6) is -0.241. The molecule has 2 atom stereocenters. The molecule has 1 aromatic rings. The van der Waals surface area contributed by atoms with Gasteiger partial charge in [-0.2, -0.15) is 0 Å². The first-order valence-electron chi connectivity index (χ1n) is 7.32. The summed E-state index contributed by atoms with van der Waals surface area (Å²) in [5.41, 5.74) is 0. The molecular weight excluding hydrogens is 286 g/mol. The molecule has 1 N–H and O–H groups in total. The number of aliphatic carboxylic acids is 1. The van der Waals surface area contributed by atoms with Crippen molar-refractivity contribution >= 4 is 11.9 Å². The molecular formula is C16H21NO5. The van der Waals surface area contributed by atoms with Crippen LogP contribution in [0.3, 0.4) is 0 Å². The highest BCUT2D eigenvalue weighted by Gasteiger charge is 2.35. The molecule has 1 saturated heterocycles. The number of carboxylic acids is 1. The topological polar surface area (TPSA) is 76.1 Å². The molecule has 22 heavy (non-hydrogen) atoms. The van der Waals surface area contributed by atoms with Gasteiger partial charge in [-0.3, -0.25) is 9.59 Å². The number of benzene rings is 1. The molecule has 0 bridgehead atoms. The molecule has 1 aromatic carbocycles. The van der Waals surface area contributed by atoms with Crippen molar-refractivity contribution in [2.75, 3.05) is 20.3 Å². The minimum Gasteiger partial charge on any atom is -0.497 e. The van der Waals surface area contributed by atoms with Crippen LogP contribution in [-0.4, -0.2) is 48.2 Å². The standard InChI is InChI=1S/C16H21NO5/c1-11-14(16(19)20)4-3-9-17(11)15(18)10-22-13-7-5-12(21-2)6-8-13/h5-8,11,14H,3-4,9-10H2,1-2H3,(H,19,20)/t11-,14-/m0/s1. The normalized spacial score (nSPS) is 21.3. The number of likely N-dealkylation sites (tertiary alicyclic amines) is 1. The molecule has 1 aliphatic rings. The van der Waals surface area contributed by atoms with Gasteiger partial charge in [-0.15, -0.1) is 0 Å². The highest BCUT2D eigenvalue weighted by Crippen LogP contribution is 2.24. The predicted molar refractivity (Wildman–Crippen MR) is 80.0 cm³/mol. The van der Waals surface area contributed by atoms with Crippen molar-refractivity contribution in [1.29, 1.82) is 0 Å². The van der Waals surface area contributed by atoms with E-state index in [9.17, 15) is 14.7 Å². The number of piperidine rings is 1. The van der Waals surface area contributed by atoms with E-state index >= 15 is 0 Å². The van der Waals surface area contributed by atoms with Crippen LogP contribution in [0.1, 0.15) is 19.8 Å². The third kappa shape index (κ3) is 3.69. The Kier molecular flexibility index (Phi) is 5.25. The van der Waals surface area contributed by atoms with Crippen LogP contribution in [0.5, 0.6) is 11.5 Å². The average Bonchev–Trinajstić information content (AvgIpc) is 2.53. The van der Waals surface area contributed by atoms with Gasteiger partial charge in [-0.1, -0.05) is 0 Å². The van der Waals surface area contributed by atoms with E-state index in [0.717, 1.165) is 0 Å². The van der Waals surface area contributed by atoms with E-state index in [1.165, 1.54) is 0 Å². The second kappa shape index (κ2) is 7.15. The second-order valence-corrected chi connectivity index (χ2v) is 5.38. The third-order valence-corrected chi connectivity index (χ3v) is 4.05. The molecule has 0 unspecified atom stereocenters. The van der Waals surface area contributed by atoms with Crippen LogP contribution < -0.4 is 9.47 Å². The molecule has 1 amide bonds. The highest BCUT2D eigenvalue weighted by molar-refractivity contribution is 5.80. The first-order chi connectivity index (χ1) is 10.5. The van der Waals surface area contributed by atoms with E-state index in [0.29, 0.717) is 30.9 Å². The van der Waals surface area contributed by atoms with Gasteiger partial charge in [0.25, 0.3) is 5.91 Å². The van der Waals surface area contributed by atoms with Gasteiger partial charge in [0.05, 0.1) is 13.0 Å². The van der Waals surface area contributed by atoms with Crippen molar-refractivity contribution < 1.29 is 24.2 Å². The zero-order valence-corrected chi connectivity index (χ0v) is 12.8. The lowest BCUT2D eigenvalue weighted by molar-refractivity contribution is -0.149. The number of carboxylic acid groups (broad SMARTS) is 1. The van der Waals surface area contributed by atoms with E-state index in [1.54, 1.807) is 43.2 Å². The van der Waals surface area contributed by atoms with Crippen molar-refractivity contribution in [2.24, 2.45) is 5.92 Å². The first kappa shape index (κ1) is 16.1. The third-order valence-electron chi connectivity index (χ3n) is 4.05. The lowest BCUT2D eigenvalue weighted by atomic mass is 9.90. The quantitative estimate of drug-likeness (QED) is 0.897. The SMILES string of the molecule is COc1ccc(OCC(=O)N2CCC[C@H](C(=O)O)[C@@H]2C)cc1. The first-order valence-corrected chi connectivity index (χ1v) is 7.32. The molecule has 1 fully saturated rings. The van der Waals surface area contributed by atoms with E-state index in [-0.39, 0.29) is 18.6 Å². The van der Waals surface area contributed by atoms with Crippen molar-refractivity contribution in [2.45, 2.75) is 25.8 Å². The Bertz CT molecular complexity index is 528. The number of methoxy groups -OCH3 is 1. The smallest absolute Gasteiger partial charge is 0.308 e. The lowest BCUT2D eigenvalue weighted by Gasteiger charge is -2.37. The molecule has 0 saturated carbocycles. The fourth-order valence-electron chi connectivity index (χ4n) is 2.73. The number of hydrogen-bond donors (Lipinski definition) is 1. The maximum absolute atomic E-state index is 12.3. The van der Waals surface area contributed by atoms with Crippen LogP contribution in [0.25, 0.3) is 0 Å². The van der Waals surface area contributed by atoms with Crippen LogP contribution in [0, 0.1) is 5.92 Å². The predicted octanol–water partition coefficient (Wildman–Crippen LogP) is 1.79. The van der Waals surface area contributed by atoms with Crippen molar-refractivity contribution in [3.8, 4) is 11.5 Å². The van der Waals surface area contributed by atoms with E-state index in [2.05, 4.69) is 0 Å². The molecule has 0 spiro atoms. The molecule has 120 valence electrons. The molecule has 1 heterocycles. The molecule has 1 aliphatic heterocycles. The molecule has 0 aromatic heterocycles. The fraction of sp³-hybridized carbons (Fsp3) is 0.500. The number of carbonyl (C=O) groups is 2. The Morgan fingerprint density at radius 1 is 1.27 bits per heavy atom. The van der Waals surface area contributed by atoms with Gasteiger partial charge in [0.15, 0.2) is 6.61 Å². The lowest BCUT2D eigenvalue weighted by Crippen LogP contribution is -2.50. The number of carbonyl (C=O) groups excluding carboxylic acids is 1. The minimum atomic E-state index is -0.846.